The maximum absolute atomic E-state index is 6.34. The molecule has 1 aromatic heterocycles. The average molecular weight is 625 g/mol. The van der Waals surface area contributed by atoms with Gasteiger partial charge in [0.15, 0.2) is 34.5 Å². The average Bonchev–Trinajstić information content (AvgIpc) is 3.14. The quantitative estimate of drug-likeness (QED) is 0.191. The van der Waals surface area contributed by atoms with E-state index in [4.69, 9.17) is 29.2 Å². The fourth-order valence-electron chi connectivity index (χ4n) is 6.40. The van der Waals surface area contributed by atoms with Crippen LogP contribution in [0.15, 0.2) is 146 Å². The van der Waals surface area contributed by atoms with Gasteiger partial charge in [-0.1, -0.05) is 72.8 Å². The predicted octanol–water partition coefficient (Wildman–Crippen LogP) is 10.6. The van der Waals surface area contributed by atoms with Crippen molar-refractivity contribution in [2.24, 2.45) is 0 Å². The third-order valence-electron chi connectivity index (χ3n) is 8.50. The number of hydrogen-bond donors (Lipinski definition) is 0. The molecule has 9 heteroatoms. The molecule has 48 heavy (non-hydrogen) atoms. The number of aromatic nitrogens is 3. The van der Waals surface area contributed by atoms with Gasteiger partial charge in [-0.25, -0.2) is 0 Å². The predicted molar refractivity (Wildman–Crippen MR) is 184 cm³/mol. The molecule has 4 heterocycles. The van der Waals surface area contributed by atoms with Crippen LogP contribution in [0, 0.1) is 0 Å². The summed E-state index contributed by atoms with van der Waals surface area (Å²) in [5, 5.41) is 0. The second-order valence-electron chi connectivity index (χ2n) is 11.4. The van der Waals surface area contributed by atoms with Crippen LogP contribution in [0.1, 0.15) is 0 Å². The Balaban J connectivity index is 1.27. The monoisotopic (exact) mass is 624 g/mol. The SMILES string of the molecule is c1ccc2c(c1)Oc1ccccc1N2c1nc(N2c3ccccc3Oc3ccccc32)nc(N2c3ccccc3Oc3ccccc32)n1. The van der Waals surface area contributed by atoms with Gasteiger partial charge in [0.2, 0.25) is 17.8 Å². The number of anilines is 9. The van der Waals surface area contributed by atoms with Crippen molar-refractivity contribution in [2.75, 3.05) is 14.7 Å². The van der Waals surface area contributed by atoms with E-state index in [-0.39, 0.29) is 0 Å². The minimum absolute atomic E-state index is 0.418. The third-order valence-corrected chi connectivity index (χ3v) is 8.50. The summed E-state index contributed by atoms with van der Waals surface area (Å²) in [6, 6.07) is 47.4. The molecule has 0 fully saturated rings. The Bertz CT molecular complexity index is 1980. The van der Waals surface area contributed by atoms with Crippen molar-refractivity contribution < 1.29 is 14.2 Å². The minimum atomic E-state index is 0.418. The summed E-state index contributed by atoms with van der Waals surface area (Å²) < 4.78 is 19.0. The topological polar surface area (TPSA) is 76.1 Å². The molecule has 0 radical (unpaired) electrons. The van der Waals surface area contributed by atoms with Crippen molar-refractivity contribution in [3.63, 3.8) is 0 Å². The van der Waals surface area contributed by atoms with Crippen LogP contribution in [-0.4, -0.2) is 15.0 Å². The molecule has 6 aromatic carbocycles. The summed E-state index contributed by atoms with van der Waals surface area (Å²) in [6.45, 7) is 0. The van der Waals surface area contributed by atoms with E-state index < -0.39 is 0 Å². The molecule has 0 atom stereocenters. The number of para-hydroxylation sites is 12. The van der Waals surface area contributed by atoms with E-state index >= 15 is 0 Å². The molecule has 10 rings (SSSR count). The Labute approximate surface area is 275 Å². The number of benzene rings is 6. The summed E-state index contributed by atoms with van der Waals surface area (Å²) in [7, 11) is 0. The molecular formula is C39H24N6O3. The van der Waals surface area contributed by atoms with Crippen LogP contribution in [0.4, 0.5) is 52.0 Å². The zero-order chi connectivity index (χ0) is 31.6. The van der Waals surface area contributed by atoms with Crippen LogP contribution < -0.4 is 28.9 Å². The van der Waals surface area contributed by atoms with E-state index in [1.165, 1.54) is 0 Å². The highest BCUT2D eigenvalue weighted by atomic mass is 16.5. The van der Waals surface area contributed by atoms with Crippen LogP contribution in [0.3, 0.4) is 0 Å². The molecule has 0 saturated heterocycles. The van der Waals surface area contributed by atoms with Crippen molar-refractivity contribution in [2.45, 2.75) is 0 Å². The molecule has 0 aliphatic carbocycles. The smallest absolute Gasteiger partial charge is 0.241 e. The first-order valence-corrected chi connectivity index (χ1v) is 15.5. The summed E-state index contributed by atoms with van der Waals surface area (Å²) >= 11 is 0. The first kappa shape index (κ1) is 26.4. The zero-order valence-corrected chi connectivity index (χ0v) is 25.3. The van der Waals surface area contributed by atoms with Crippen LogP contribution in [-0.2, 0) is 0 Å². The van der Waals surface area contributed by atoms with E-state index in [0.717, 1.165) is 34.1 Å². The van der Waals surface area contributed by atoms with Gasteiger partial charge in [-0.15, -0.1) is 0 Å². The second kappa shape index (κ2) is 10.3. The molecule has 7 aromatic rings. The molecule has 228 valence electrons. The number of rotatable bonds is 3. The lowest BCUT2D eigenvalue weighted by Crippen LogP contribution is -2.25. The van der Waals surface area contributed by atoms with Gasteiger partial charge in [-0.3, -0.25) is 14.7 Å². The zero-order valence-electron chi connectivity index (χ0n) is 25.3. The molecule has 0 spiro atoms. The number of hydrogen-bond acceptors (Lipinski definition) is 9. The van der Waals surface area contributed by atoms with Gasteiger partial charge in [0, 0.05) is 0 Å². The summed E-state index contributed by atoms with van der Waals surface area (Å²) in [6.07, 6.45) is 0. The number of nitrogens with zero attached hydrogens (tertiary/aromatic N) is 6. The molecule has 0 unspecified atom stereocenters. The number of fused-ring (bicyclic) bond motifs is 6. The first-order valence-electron chi connectivity index (χ1n) is 15.5. The largest absolute Gasteiger partial charge is 0.453 e. The highest BCUT2D eigenvalue weighted by molar-refractivity contribution is 5.89. The molecule has 9 nitrogen and oxygen atoms in total. The van der Waals surface area contributed by atoms with Crippen LogP contribution >= 0.6 is 0 Å². The van der Waals surface area contributed by atoms with E-state index in [1.54, 1.807) is 0 Å². The molecule has 3 aliphatic rings. The summed E-state index contributed by atoms with van der Waals surface area (Å²) in [5.41, 5.74) is 4.86. The Kier molecular flexibility index (Phi) is 5.67. The second-order valence-corrected chi connectivity index (χ2v) is 11.4. The van der Waals surface area contributed by atoms with E-state index in [1.807, 2.05) is 160 Å². The van der Waals surface area contributed by atoms with Crippen LogP contribution in [0.2, 0.25) is 0 Å². The maximum Gasteiger partial charge on any atom is 0.241 e. The van der Waals surface area contributed by atoms with Gasteiger partial charge in [0.05, 0.1) is 34.1 Å². The van der Waals surface area contributed by atoms with Crippen LogP contribution in [0.5, 0.6) is 34.5 Å². The van der Waals surface area contributed by atoms with Gasteiger partial charge in [-0.05, 0) is 72.8 Å². The Morgan fingerprint density at radius 3 is 0.667 bits per heavy atom. The van der Waals surface area contributed by atoms with Crippen molar-refractivity contribution in [1.82, 2.24) is 15.0 Å². The van der Waals surface area contributed by atoms with Gasteiger partial charge in [0.25, 0.3) is 0 Å². The first-order chi connectivity index (χ1) is 23.8. The Hall–Kier alpha value is -6.87. The molecular weight excluding hydrogens is 600 g/mol. The van der Waals surface area contributed by atoms with E-state index in [2.05, 4.69) is 0 Å². The molecule has 0 amide bonds. The van der Waals surface area contributed by atoms with Gasteiger partial charge >= 0.3 is 0 Å². The lowest BCUT2D eigenvalue weighted by molar-refractivity contribution is 0.475. The van der Waals surface area contributed by atoms with Crippen molar-refractivity contribution >= 4 is 52.0 Å². The van der Waals surface area contributed by atoms with Crippen LogP contribution in [0.25, 0.3) is 0 Å². The Morgan fingerprint density at radius 1 is 0.271 bits per heavy atom. The van der Waals surface area contributed by atoms with Crippen molar-refractivity contribution in [1.29, 1.82) is 0 Å². The van der Waals surface area contributed by atoms with E-state index in [9.17, 15) is 0 Å². The van der Waals surface area contributed by atoms with E-state index in [0.29, 0.717) is 52.3 Å². The van der Waals surface area contributed by atoms with Crippen molar-refractivity contribution in [3.05, 3.63) is 146 Å². The van der Waals surface area contributed by atoms with Gasteiger partial charge < -0.3 is 14.2 Å². The molecule has 3 aliphatic heterocycles. The summed E-state index contributed by atoms with van der Waals surface area (Å²) in [4.78, 5) is 21.8. The van der Waals surface area contributed by atoms with Gasteiger partial charge in [-0.2, -0.15) is 15.0 Å². The third kappa shape index (κ3) is 4.01. The highest BCUT2D eigenvalue weighted by Crippen LogP contribution is 2.54. The maximum atomic E-state index is 6.34. The minimum Gasteiger partial charge on any atom is -0.453 e. The lowest BCUT2D eigenvalue weighted by atomic mass is 10.1. The molecule has 0 bridgehead atoms. The normalized spacial score (nSPS) is 13.4. The molecule has 0 saturated carbocycles. The fourth-order valence-corrected chi connectivity index (χ4v) is 6.40. The highest BCUT2D eigenvalue weighted by Gasteiger charge is 2.35. The number of ether oxygens (including phenoxy) is 3. The lowest BCUT2D eigenvalue weighted by Gasteiger charge is -2.35. The molecule has 0 N–H and O–H groups in total. The fraction of sp³-hybridized carbons (Fsp3) is 0. The Morgan fingerprint density at radius 2 is 0.458 bits per heavy atom. The summed E-state index contributed by atoms with van der Waals surface area (Å²) in [5.74, 6) is 5.44. The van der Waals surface area contributed by atoms with Gasteiger partial charge in [0.1, 0.15) is 0 Å². The standard InChI is InChI=1S/C39H24N6O3/c1-7-19-31-25(13-1)43(26-14-2-8-20-32(26)46-31)37-40-38(44-27-15-3-9-21-33(27)47-34-22-10-4-16-28(34)44)42-39(41-37)45-29-17-5-11-23-35(29)48-36-24-12-6-18-30(36)45/h1-24H. The van der Waals surface area contributed by atoms with Crippen molar-refractivity contribution in [3.8, 4) is 34.5 Å².